The summed E-state index contributed by atoms with van der Waals surface area (Å²) in [4.78, 5) is 11.6. The highest BCUT2D eigenvalue weighted by Gasteiger charge is 2.03. The van der Waals surface area contributed by atoms with Gasteiger partial charge in [0.1, 0.15) is 0 Å². The van der Waals surface area contributed by atoms with Crippen LogP contribution >= 0.6 is 0 Å². The number of carbonyl (C=O) groups excluding carboxylic acids is 1. The largest absolute Gasteiger partial charge is 0.512 e. The van der Waals surface area contributed by atoms with Crippen molar-refractivity contribution in [1.29, 1.82) is 0 Å². The molecule has 0 aromatic carbocycles. The summed E-state index contributed by atoms with van der Waals surface area (Å²) in [5, 5.41) is 9.67. The number of rotatable bonds is 11. The van der Waals surface area contributed by atoms with Crippen molar-refractivity contribution in [1.82, 2.24) is 0 Å². The molecule has 0 spiro atoms. The first-order valence-corrected chi connectivity index (χ1v) is 7.84. The Morgan fingerprint density at radius 3 is 1.84 bits per heavy atom. The second-order valence-corrected chi connectivity index (χ2v) is 6.38. The van der Waals surface area contributed by atoms with Crippen LogP contribution in [0.3, 0.4) is 0 Å². The molecule has 2 heteroatoms. The molecule has 112 valence electrons. The highest BCUT2D eigenvalue weighted by Crippen LogP contribution is 2.12. The zero-order chi connectivity index (χ0) is 14.7. The third-order valence-corrected chi connectivity index (χ3v) is 3.25. The standard InChI is InChI=1S/C17H32O2/c1-14(2)9-5-7-11-16(18)13-17(19)12-8-6-10-15(3)4/h13-15,18H,5-12H2,1-4H3/b16-13-. The fourth-order valence-electron chi connectivity index (χ4n) is 2.04. The van der Waals surface area contributed by atoms with E-state index in [1.54, 1.807) is 0 Å². The molecular weight excluding hydrogens is 236 g/mol. The third-order valence-electron chi connectivity index (χ3n) is 3.25. The molecule has 0 heterocycles. The first-order chi connectivity index (χ1) is 8.91. The summed E-state index contributed by atoms with van der Waals surface area (Å²) in [6, 6.07) is 0. The minimum atomic E-state index is 0.0742. The monoisotopic (exact) mass is 268 g/mol. The highest BCUT2D eigenvalue weighted by molar-refractivity contribution is 5.89. The Morgan fingerprint density at radius 2 is 1.37 bits per heavy atom. The molecule has 0 fully saturated rings. The van der Waals surface area contributed by atoms with Crippen LogP contribution in [0.2, 0.25) is 0 Å². The summed E-state index contributed by atoms with van der Waals surface area (Å²) >= 11 is 0. The van der Waals surface area contributed by atoms with Crippen molar-refractivity contribution < 1.29 is 9.90 Å². The van der Waals surface area contributed by atoms with Gasteiger partial charge in [0.2, 0.25) is 0 Å². The van der Waals surface area contributed by atoms with Crippen molar-refractivity contribution in [3.63, 3.8) is 0 Å². The van der Waals surface area contributed by atoms with Crippen LogP contribution < -0.4 is 0 Å². The number of hydrogen-bond acceptors (Lipinski definition) is 2. The van der Waals surface area contributed by atoms with E-state index in [4.69, 9.17) is 0 Å². The van der Waals surface area contributed by atoms with Gasteiger partial charge in [0.15, 0.2) is 5.78 Å². The summed E-state index contributed by atoms with van der Waals surface area (Å²) < 4.78 is 0. The van der Waals surface area contributed by atoms with Gasteiger partial charge in [-0.05, 0) is 24.7 Å². The Bertz CT molecular complexity index is 264. The summed E-state index contributed by atoms with van der Waals surface area (Å²) in [7, 11) is 0. The maximum atomic E-state index is 11.6. The maximum Gasteiger partial charge on any atom is 0.159 e. The molecule has 0 rings (SSSR count). The van der Waals surface area contributed by atoms with Gasteiger partial charge in [0, 0.05) is 18.9 Å². The molecule has 2 nitrogen and oxygen atoms in total. The second kappa shape index (κ2) is 11.1. The lowest BCUT2D eigenvalue weighted by molar-refractivity contribution is -0.114. The molecule has 0 aliphatic rings. The van der Waals surface area contributed by atoms with E-state index < -0.39 is 0 Å². The normalized spacial score (nSPS) is 12.4. The smallest absolute Gasteiger partial charge is 0.159 e. The summed E-state index contributed by atoms with van der Waals surface area (Å²) in [5.41, 5.74) is 0. The fourth-order valence-corrected chi connectivity index (χ4v) is 2.04. The Kier molecular flexibility index (Phi) is 10.6. The number of aliphatic hydroxyl groups is 1. The SMILES string of the molecule is CC(C)CCCCC(=O)/C=C(\O)CCCCC(C)C. The molecule has 0 bridgehead atoms. The van der Waals surface area contributed by atoms with E-state index in [1.165, 1.54) is 18.9 Å². The van der Waals surface area contributed by atoms with E-state index in [-0.39, 0.29) is 11.5 Å². The molecule has 0 atom stereocenters. The molecule has 0 aliphatic heterocycles. The quantitative estimate of drug-likeness (QED) is 0.308. The maximum absolute atomic E-state index is 11.6. The number of carbonyl (C=O) groups is 1. The molecule has 0 radical (unpaired) electrons. The Labute approximate surface area is 119 Å². The molecule has 0 aromatic rings. The molecule has 0 amide bonds. The van der Waals surface area contributed by atoms with Gasteiger partial charge in [-0.2, -0.15) is 0 Å². The zero-order valence-corrected chi connectivity index (χ0v) is 13.2. The van der Waals surface area contributed by atoms with Crippen molar-refractivity contribution in [3.05, 3.63) is 11.8 Å². The Hall–Kier alpha value is -0.790. The molecule has 19 heavy (non-hydrogen) atoms. The molecule has 0 saturated heterocycles. The second-order valence-electron chi connectivity index (χ2n) is 6.38. The minimum Gasteiger partial charge on any atom is -0.512 e. The molecule has 0 aliphatic carbocycles. The van der Waals surface area contributed by atoms with Crippen LogP contribution in [-0.4, -0.2) is 10.9 Å². The number of hydrogen-bond donors (Lipinski definition) is 1. The van der Waals surface area contributed by atoms with Crippen molar-refractivity contribution >= 4 is 5.78 Å². The molecule has 1 N–H and O–H groups in total. The van der Waals surface area contributed by atoms with Crippen LogP contribution in [0, 0.1) is 11.8 Å². The highest BCUT2D eigenvalue weighted by atomic mass is 16.3. The number of allylic oxidation sites excluding steroid dienone is 2. The van der Waals surface area contributed by atoms with Crippen LogP contribution in [0.5, 0.6) is 0 Å². The van der Waals surface area contributed by atoms with Crippen LogP contribution in [0.4, 0.5) is 0 Å². The molecule has 0 unspecified atom stereocenters. The van der Waals surface area contributed by atoms with E-state index in [0.717, 1.165) is 25.7 Å². The van der Waals surface area contributed by atoms with Gasteiger partial charge in [-0.1, -0.05) is 53.4 Å². The van der Waals surface area contributed by atoms with Gasteiger partial charge in [-0.3, -0.25) is 4.79 Å². The van der Waals surface area contributed by atoms with E-state index in [0.29, 0.717) is 24.7 Å². The van der Waals surface area contributed by atoms with Gasteiger partial charge < -0.3 is 5.11 Å². The van der Waals surface area contributed by atoms with Crippen LogP contribution in [0.1, 0.15) is 79.1 Å². The number of unbranched alkanes of at least 4 members (excludes halogenated alkanes) is 2. The van der Waals surface area contributed by atoms with Gasteiger partial charge in [0.25, 0.3) is 0 Å². The third kappa shape index (κ3) is 13.4. The topological polar surface area (TPSA) is 37.3 Å². The lowest BCUT2D eigenvalue weighted by Crippen LogP contribution is -1.97. The van der Waals surface area contributed by atoms with Crippen LogP contribution in [0.15, 0.2) is 11.8 Å². The van der Waals surface area contributed by atoms with Crippen LogP contribution in [-0.2, 0) is 4.79 Å². The molecule has 0 saturated carbocycles. The Balaban J connectivity index is 3.66. The van der Waals surface area contributed by atoms with Gasteiger partial charge >= 0.3 is 0 Å². The number of ketones is 1. The predicted molar refractivity (Wildman–Crippen MR) is 82.3 cm³/mol. The number of aliphatic hydroxyl groups excluding tert-OH is 1. The average Bonchev–Trinajstić information content (AvgIpc) is 2.30. The first-order valence-electron chi connectivity index (χ1n) is 7.84. The lowest BCUT2D eigenvalue weighted by atomic mass is 10.0. The summed E-state index contributed by atoms with van der Waals surface area (Å²) in [5.74, 6) is 1.76. The van der Waals surface area contributed by atoms with Crippen molar-refractivity contribution in [2.75, 3.05) is 0 Å². The lowest BCUT2D eigenvalue weighted by Gasteiger charge is -2.04. The summed E-state index contributed by atoms with van der Waals surface area (Å²) in [6.07, 6.45) is 9.16. The van der Waals surface area contributed by atoms with E-state index in [9.17, 15) is 9.90 Å². The Morgan fingerprint density at radius 1 is 0.895 bits per heavy atom. The van der Waals surface area contributed by atoms with Crippen molar-refractivity contribution in [3.8, 4) is 0 Å². The van der Waals surface area contributed by atoms with Gasteiger partial charge in [-0.25, -0.2) is 0 Å². The van der Waals surface area contributed by atoms with E-state index in [1.807, 2.05) is 0 Å². The van der Waals surface area contributed by atoms with Crippen molar-refractivity contribution in [2.45, 2.75) is 79.1 Å². The van der Waals surface area contributed by atoms with E-state index in [2.05, 4.69) is 27.7 Å². The molecule has 0 aromatic heterocycles. The van der Waals surface area contributed by atoms with Gasteiger partial charge in [-0.15, -0.1) is 0 Å². The van der Waals surface area contributed by atoms with Crippen molar-refractivity contribution in [2.24, 2.45) is 11.8 Å². The first kappa shape index (κ1) is 18.2. The molecular formula is C17H32O2. The minimum absolute atomic E-state index is 0.0742. The van der Waals surface area contributed by atoms with Gasteiger partial charge in [0.05, 0.1) is 5.76 Å². The predicted octanol–water partition coefficient (Wildman–Crippen LogP) is 5.43. The van der Waals surface area contributed by atoms with Crippen LogP contribution in [0.25, 0.3) is 0 Å². The van der Waals surface area contributed by atoms with E-state index >= 15 is 0 Å². The summed E-state index contributed by atoms with van der Waals surface area (Å²) in [6.45, 7) is 8.81. The average molecular weight is 268 g/mol. The zero-order valence-electron chi connectivity index (χ0n) is 13.2. The fraction of sp³-hybridized carbons (Fsp3) is 0.824.